The summed E-state index contributed by atoms with van der Waals surface area (Å²) >= 11 is 5.92. The van der Waals surface area contributed by atoms with Gasteiger partial charge in [0.1, 0.15) is 11.5 Å². The molecule has 0 spiro atoms. The number of benzene rings is 2. The van der Waals surface area contributed by atoms with Gasteiger partial charge in [0.05, 0.1) is 13.2 Å². The molecule has 1 unspecified atom stereocenters. The summed E-state index contributed by atoms with van der Waals surface area (Å²) in [4.78, 5) is 12.2. The molecular formula is C21H26ClNO3. The predicted octanol–water partition coefficient (Wildman–Crippen LogP) is 5.04. The Morgan fingerprint density at radius 1 is 1.15 bits per heavy atom. The summed E-state index contributed by atoms with van der Waals surface area (Å²) in [6.45, 7) is 8.18. The number of nitrogens with one attached hydrogen (secondary N) is 1. The lowest BCUT2D eigenvalue weighted by molar-refractivity contribution is -0.123. The van der Waals surface area contributed by atoms with Gasteiger partial charge in [-0.05, 0) is 66.8 Å². The summed E-state index contributed by atoms with van der Waals surface area (Å²) in [5, 5.41) is 3.56. The van der Waals surface area contributed by atoms with Crippen molar-refractivity contribution in [1.82, 2.24) is 5.32 Å². The van der Waals surface area contributed by atoms with Crippen LogP contribution in [0.1, 0.15) is 49.4 Å². The average molecular weight is 376 g/mol. The van der Waals surface area contributed by atoms with Crippen LogP contribution in [-0.4, -0.2) is 19.6 Å². The first-order valence-corrected chi connectivity index (χ1v) is 9.05. The second-order valence-electron chi connectivity index (χ2n) is 6.64. The van der Waals surface area contributed by atoms with Crippen molar-refractivity contribution in [3.05, 3.63) is 58.1 Å². The Bertz CT molecular complexity index is 774. The molecule has 1 amide bonds. The highest BCUT2D eigenvalue weighted by molar-refractivity contribution is 6.30. The molecule has 4 nitrogen and oxygen atoms in total. The quantitative estimate of drug-likeness (QED) is 0.737. The summed E-state index contributed by atoms with van der Waals surface area (Å²) in [5.41, 5.74) is 3.28. The number of carbonyl (C=O) groups is 1. The highest BCUT2D eigenvalue weighted by Gasteiger charge is 2.17. The van der Waals surface area contributed by atoms with Crippen molar-refractivity contribution in [1.29, 1.82) is 0 Å². The number of aryl methyl sites for hydroxylation is 1. The minimum atomic E-state index is -0.182. The van der Waals surface area contributed by atoms with Crippen LogP contribution in [0.25, 0.3) is 0 Å². The van der Waals surface area contributed by atoms with E-state index in [1.54, 1.807) is 31.4 Å². The third kappa shape index (κ3) is 5.15. The molecule has 0 fully saturated rings. The molecule has 0 saturated carbocycles. The maximum atomic E-state index is 12.2. The molecule has 1 N–H and O–H groups in total. The van der Waals surface area contributed by atoms with E-state index in [-0.39, 0.29) is 18.6 Å². The van der Waals surface area contributed by atoms with Crippen LogP contribution in [0.3, 0.4) is 0 Å². The molecule has 0 aromatic heterocycles. The van der Waals surface area contributed by atoms with E-state index in [0.29, 0.717) is 16.7 Å². The van der Waals surface area contributed by atoms with Crippen LogP contribution in [0.4, 0.5) is 0 Å². The Morgan fingerprint density at radius 2 is 1.88 bits per heavy atom. The van der Waals surface area contributed by atoms with E-state index in [2.05, 4.69) is 25.2 Å². The number of amides is 1. The molecule has 1 atom stereocenters. The maximum absolute atomic E-state index is 12.2. The fourth-order valence-electron chi connectivity index (χ4n) is 2.88. The lowest BCUT2D eigenvalue weighted by Gasteiger charge is -2.21. The molecule has 2 rings (SSSR count). The van der Waals surface area contributed by atoms with Gasteiger partial charge in [-0.1, -0.05) is 31.5 Å². The maximum Gasteiger partial charge on any atom is 0.258 e. The highest BCUT2D eigenvalue weighted by atomic mass is 35.5. The third-order valence-corrected chi connectivity index (χ3v) is 4.49. The number of hydrogen-bond acceptors (Lipinski definition) is 3. The minimum Gasteiger partial charge on any atom is -0.496 e. The molecule has 0 aliphatic heterocycles. The lowest BCUT2D eigenvalue weighted by atomic mass is 9.93. The van der Waals surface area contributed by atoms with Crippen LogP contribution in [0.5, 0.6) is 11.5 Å². The number of methoxy groups -OCH3 is 1. The van der Waals surface area contributed by atoms with Gasteiger partial charge in [0.15, 0.2) is 6.61 Å². The number of halogens is 1. The second-order valence-corrected chi connectivity index (χ2v) is 7.08. The summed E-state index contributed by atoms with van der Waals surface area (Å²) in [6.07, 6.45) is 0. The van der Waals surface area contributed by atoms with Gasteiger partial charge in [0, 0.05) is 5.02 Å². The fraction of sp³-hybridized carbons (Fsp3) is 0.381. The Hall–Kier alpha value is -2.20. The molecule has 0 radical (unpaired) electrons. The summed E-state index contributed by atoms with van der Waals surface area (Å²) in [6, 6.07) is 11.0. The fourth-order valence-corrected chi connectivity index (χ4v) is 3.06. The van der Waals surface area contributed by atoms with Crippen LogP contribution in [-0.2, 0) is 4.79 Å². The zero-order chi connectivity index (χ0) is 19.3. The average Bonchev–Trinajstić information content (AvgIpc) is 2.59. The van der Waals surface area contributed by atoms with Crippen molar-refractivity contribution >= 4 is 17.5 Å². The van der Waals surface area contributed by atoms with Crippen LogP contribution in [0, 0.1) is 6.92 Å². The van der Waals surface area contributed by atoms with Crippen molar-refractivity contribution in [3.8, 4) is 11.5 Å². The van der Waals surface area contributed by atoms with Crippen molar-refractivity contribution < 1.29 is 14.3 Å². The zero-order valence-corrected chi connectivity index (χ0v) is 16.7. The molecule has 5 heteroatoms. The van der Waals surface area contributed by atoms with Crippen LogP contribution in [0.15, 0.2) is 36.4 Å². The van der Waals surface area contributed by atoms with Gasteiger partial charge in [-0.3, -0.25) is 4.79 Å². The van der Waals surface area contributed by atoms with E-state index in [9.17, 15) is 4.79 Å². The highest BCUT2D eigenvalue weighted by Crippen LogP contribution is 2.32. The first-order valence-electron chi connectivity index (χ1n) is 8.68. The number of carbonyl (C=O) groups excluding carboxylic acids is 1. The topological polar surface area (TPSA) is 47.6 Å². The standard InChI is InChI=1S/C21H26ClNO3/c1-13(2)18-11-19(14(3)9-20(18)25-5)15(4)23-21(24)12-26-17-8-6-7-16(22)10-17/h6-11,13,15H,12H2,1-5H3,(H,23,24). The molecule has 0 heterocycles. The number of rotatable bonds is 7. The summed E-state index contributed by atoms with van der Waals surface area (Å²) in [7, 11) is 1.68. The lowest BCUT2D eigenvalue weighted by Crippen LogP contribution is -2.31. The monoisotopic (exact) mass is 375 g/mol. The molecule has 2 aromatic rings. The molecule has 26 heavy (non-hydrogen) atoms. The molecule has 0 aliphatic rings. The first kappa shape index (κ1) is 20.1. The Balaban J connectivity index is 2.05. The number of hydrogen-bond donors (Lipinski definition) is 1. The van der Waals surface area contributed by atoms with E-state index in [1.807, 2.05) is 19.9 Å². The normalized spacial score (nSPS) is 12.0. The van der Waals surface area contributed by atoms with Gasteiger partial charge < -0.3 is 14.8 Å². The van der Waals surface area contributed by atoms with E-state index in [4.69, 9.17) is 21.1 Å². The van der Waals surface area contributed by atoms with Gasteiger partial charge in [-0.15, -0.1) is 0 Å². The Morgan fingerprint density at radius 3 is 2.50 bits per heavy atom. The van der Waals surface area contributed by atoms with E-state index in [1.165, 1.54) is 0 Å². The zero-order valence-electron chi connectivity index (χ0n) is 15.9. The summed E-state index contributed by atoms with van der Waals surface area (Å²) < 4.78 is 11.0. The minimum absolute atomic E-state index is 0.0586. The SMILES string of the molecule is COc1cc(C)c(C(C)NC(=O)COc2cccc(Cl)c2)cc1C(C)C. The van der Waals surface area contributed by atoms with E-state index < -0.39 is 0 Å². The van der Waals surface area contributed by atoms with Crippen molar-refractivity contribution in [2.45, 2.75) is 39.7 Å². The number of ether oxygens (including phenoxy) is 2. The largest absolute Gasteiger partial charge is 0.496 e. The van der Waals surface area contributed by atoms with Crippen LogP contribution >= 0.6 is 11.6 Å². The Kier molecular flexibility index (Phi) is 6.92. The van der Waals surface area contributed by atoms with E-state index in [0.717, 1.165) is 22.4 Å². The molecule has 0 bridgehead atoms. The molecule has 0 aliphatic carbocycles. The van der Waals surface area contributed by atoms with Crippen molar-refractivity contribution in [2.75, 3.05) is 13.7 Å². The third-order valence-electron chi connectivity index (χ3n) is 4.25. The van der Waals surface area contributed by atoms with Crippen LogP contribution < -0.4 is 14.8 Å². The van der Waals surface area contributed by atoms with Gasteiger partial charge in [-0.2, -0.15) is 0 Å². The molecular weight excluding hydrogens is 350 g/mol. The van der Waals surface area contributed by atoms with Crippen molar-refractivity contribution in [2.24, 2.45) is 0 Å². The van der Waals surface area contributed by atoms with Gasteiger partial charge in [0.25, 0.3) is 5.91 Å². The van der Waals surface area contributed by atoms with Gasteiger partial charge in [-0.25, -0.2) is 0 Å². The summed E-state index contributed by atoms with van der Waals surface area (Å²) in [5.74, 6) is 1.60. The first-order chi connectivity index (χ1) is 12.3. The van der Waals surface area contributed by atoms with Gasteiger partial charge in [0.2, 0.25) is 0 Å². The smallest absolute Gasteiger partial charge is 0.258 e. The van der Waals surface area contributed by atoms with Crippen molar-refractivity contribution in [3.63, 3.8) is 0 Å². The second kappa shape index (κ2) is 8.95. The van der Waals surface area contributed by atoms with E-state index >= 15 is 0 Å². The van der Waals surface area contributed by atoms with Crippen LogP contribution in [0.2, 0.25) is 5.02 Å². The molecule has 2 aromatic carbocycles. The Labute approximate surface area is 160 Å². The predicted molar refractivity (Wildman–Crippen MR) is 105 cm³/mol. The molecule has 140 valence electrons. The van der Waals surface area contributed by atoms with Gasteiger partial charge >= 0.3 is 0 Å². The molecule has 0 saturated heterocycles.